The third-order valence-electron chi connectivity index (χ3n) is 2.42. The smallest absolute Gasteiger partial charge is 0.0524 e. The molecule has 0 aromatic carbocycles. The molecule has 0 aliphatic rings. The molecule has 0 saturated carbocycles. The molecule has 2 atom stereocenters. The molecule has 1 rings (SSSR count). The number of nitrogens with one attached hydrogen (secondary N) is 1. The second kappa shape index (κ2) is 6.99. The fourth-order valence-electron chi connectivity index (χ4n) is 1.59. The Labute approximate surface area is 96.3 Å². The summed E-state index contributed by atoms with van der Waals surface area (Å²) in [5.74, 6) is 0. The highest BCUT2D eigenvalue weighted by Gasteiger charge is 2.10. The molecule has 1 aromatic rings. The first kappa shape index (κ1) is 12.7. The van der Waals surface area contributed by atoms with E-state index in [1.807, 2.05) is 6.92 Å². The molecule has 2 nitrogen and oxygen atoms in total. The van der Waals surface area contributed by atoms with Gasteiger partial charge in [-0.05, 0) is 37.8 Å². The van der Waals surface area contributed by atoms with E-state index in [0.29, 0.717) is 6.04 Å². The number of aliphatic hydroxyl groups excluding tert-OH is 1. The molecule has 0 amide bonds. The molecule has 1 heterocycles. The number of hydrogen-bond acceptors (Lipinski definition) is 3. The fourth-order valence-corrected chi connectivity index (χ4v) is 2.43. The zero-order valence-electron chi connectivity index (χ0n) is 9.57. The molecular weight excluding hydrogens is 206 g/mol. The molecule has 0 bridgehead atoms. The van der Waals surface area contributed by atoms with Crippen LogP contribution in [-0.2, 0) is 0 Å². The van der Waals surface area contributed by atoms with E-state index in [0.717, 1.165) is 13.0 Å². The number of aliphatic hydroxyl groups is 1. The van der Waals surface area contributed by atoms with Crippen molar-refractivity contribution in [3.8, 4) is 0 Å². The van der Waals surface area contributed by atoms with Gasteiger partial charge in [-0.2, -0.15) is 0 Å². The van der Waals surface area contributed by atoms with Crippen LogP contribution in [0.4, 0.5) is 0 Å². The molecule has 2 unspecified atom stereocenters. The Bertz CT molecular complexity index is 246. The Morgan fingerprint density at radius 1 is 1.47 bits per heavy atom. The van der Waals surface area contributed by atoms with Crippen LogP contribution in [0.5, 0.6) is 0 Å². The summed E-state index contributed by atoms with van der Waals surface area (Å²) in [7, 11) is 0. The summed E-state index contributed by atoms with van der Waals surface area (Å²) < 4.78 is 0. The van der Waals surface area contributed by atoms with Crippen LogP contribution in [0.25, 0.3) is 0 Å². The molecule has 1 aromatic heterocycles. The van der Waals surface area contributed by atoms with Crippen LogP contribution in [0.2, 0.25) is 0 Å². The minimum Gasteiger partial charge on any atom is -0.393 e. The van der Waals surface area contributed by atoms with Gasteiger partial charge in [-0.15, -0.1) is 11.3 Å². The molecular formula is C12H21NOS. The minimum atomic E-state index is -0.205. The Balaban J connectivity index is 2.38. The third-order valence-corrected chi connectivity index (χ3v) is 3.40. The average molecular weight is 227 g/mol. The minimum absolute atomic E-state index is 0.205. The maximum absolute atomic E-state index is 9.19. The zero-order valence-corrected chi connectivity index (χ0v) is 10.4. The maximum atomic E-state index is 9.19. The quantitative estimate of drug-likeness (QED) is 0.750. The van der Waals surface area contributed by atoms with Crippen LogP contribution in [0.3, 0.4) is 0 Å². The van der Waals surface area contributed by atoms with Gasteiger partial charge in [-0.1, -0.05) is 19.4 Å². The molecule has 86 valence electrons. The number of rotatable bonds is 7. The number of thiophene rings is 1. The largest absolute Gasteiger partial charge is 0.393 e. The second-order valence-electron chi connectivity index (χ2n) is 3.95. The van der Waals surface area contributed by atoms with Crippen LogP contribution < -0.4 is 5.32 Å². The van der Waals surface area contributed by atoms with Crippen molar-refractivity contribution in [3.05, 3.63) is 22.4 Å². The van der Waals surface area contributed by atoms with Crippen LogP contribution >= 0.6 is 11.3 Å². The molecule has 0 aliphatic heterocycles. The molecule has 0 saturated heterocycles. The van der Waals surface area contributed by atoms with E-state index in [2.05, 4.69) is 29.8 Å². The van der Waals surface area contributed by atoms with Gasteiger partial charge in [-0.25, -0.2) is 0 Å². The molecule has 0 aliphatic carbocycles. The van der Waals surface area contributed by atoms with E-state index in [1.54, 1.807) is 11.3 Å². The van der Waals surface area contributed by atoms with Crippen molar-refractivity contribution in [2.24, 2.45) is 0 Å². The predicted molar refractivity (Wildman–Crippen MR) is 66.3 cm³/mol. The molecule has 3 heteroatoms. The normalized spacial score (nSPS) is 15.1. The average Bonchev–Trinajstić information content (AvgIpc) is 2.68. The predicted octanol–water partition coefficient (Wildman–Crippen LogP) is 2.95. The molecule has 0 radical (unpaired) electrons. The molecule has 2 N–H and O–H groups in total. The summed E-state index contributed by atoms with van der Waals surface area (Å²) in [5, 5.41) is 14.8. The maximum Gasteiger partial charge on any atom is 0.0524 e. The lowest BCUT2D eigenvalue weighted by Gasteiger charge is -2.17. The summed E-state index contributed by atoms with van der Waals surface area (Å²) in [6.45, 7) is 4.93. The Morgan fingerprint density at radius 2 is 2.27 bits per heavy atom. The number of hydrogen-bond donors (Lipinski definition) is 2. The lowest BCUT2D eigenvalue weighted by molar-refractivity contribution is 0.182. The van der Waals surface area contributed by atoms with Gasteiger partial charge in [0.1, 0.15) is 0 Å². The molecule has 15 heavy (non-hydrogen) atoms. The highest BCUT2D eigenvalue weighted by atomic mass is 32.1. The third kappa shape index (κ3) is 4.78. The lowest BCUT2D eigenvalue weighted by atomic mass is 10.1. The van der Waals surface area contributed by atoms with Crippen molar-refractivity contribution in [1.82, 2.24) is 5.32 Å². The highest BCUT2D eigenvalue weighted by Crippen LogP contribution is 2.22. The summed E-state index contributed by atoms with van der Waals surface area (Å²) >= 11 is 1.80. The van der Waals surface area contributed by atoms with Crippen LogP contribution in [0.15, 0.2) is 17.5 Å². The Kier molecular flexibility index (Phi) is 5.91. The molecule has 0 spiro atoms. The SMILES string of the molecule is CCCC(NCCC(C)O)c1cccs1. The highest BCUT2D eigenvalue weighted by molar-refractivity contribution is 7.10. The Hall–Kier alpha value is -0.380. The van der Waals surface area contributed by atoms with Gasteiger partial charge >= 0.3 is 0 Å². The van der Waals surface area contributed by atoms with E-state index in [-0.39, 0.29) is 6.10 Å². The van der Waals surface area contributed by atoms with Gasteiger partial charge in [0.05, 0.1) is 6.10 Å². The monoisotopic (exact) mass is 227 g/mol. The first-order valence-corrected chi connectivity index (χ1v) is 6.56. The van der Waals surface area contributed by atoms with Crippen LogP contribution in [0, 0.1) is 0 Å². The first-order chi connectivity index (χ1) is 7.24. The van der Waals surface area contributed by atoms with Gasteiger partial charge in [0.25, 0.3) is 0 Å². The standard InChI is InChI=1S/C12H21NOS/c1-3-5-11(12-6-4-9-15-12)13-8-7-10(2)14/h4,6,9-11,13-14H,3,5,7-8H2,1-2H3. The van der Waals surface area contributed by atoms with Crippen LogP contribution in [-0.4, -0.2) is 17.8 Å². The van der Waals surface area contributed by atoms with Gasteiger partial charge in [0.2, 0.25) is 0 Å². The van der Waals surface area contributed by atoms with Gasteiger partial charge in [0, 0.05) is 10.9 Å². The summed E-state index contributed by atoms with van der Waals surface area (Å²) in [4.78, 5) is 1.41. The summed E-state index contributed by atoms with van der Waals surface area (Å²) in [6, 6.07) is 4.74. The molecule has 0 fully saturated rings. The lowest BCUT2D eigenvalue weighted by Crippen LogP contribution is -2.24. The van der Waals surface area contributed by atoms with Crippen LogP contribution in [0.1, 0.15) is 44.0 Å². The Morgan fingerprint density at radius 3 is 2.80 bits per heavy atom. The van der Waals surface area contributed by atoms with Gasteiger partial charge in [-0.3, -0.25) is 0 Å². The van der Waals surface area contributed by atoms with Crippen molar-refractivity contribution >= 4 is 11.3 Å². The van der Waals surface area contributed by atoms with E-state index in [4.69, 9.17) is 0 Å². The van der Waals surface area contributed by atoms with Gasteiger partial charge in [0.15, 0.2) is 0 Å². The van der Waals surface area contributed by atoms with Crippen molar-refractivity contribution in [2.45, 2.75) is 45.3 Å². The van der Waals surface area contributed by atoms with E-state index >= 15 is 0 Å². The summed E-state index contributed by atoms with van der Waals surface area (Å²) in [5.41, 5.74) is 0. The second-order valence-corrected chi connectivity index (χ2v) is 4.93. The van der Waals surface area contributed by atoms with Crippen molar-refractivity contribution < 1.29 is 5.11 Å². The fraction of sp³-hybridized carbons (Fsp3) is 0.667. The van der Waals surface area contributed by atoms with Crippen molar-refractivity contribution in [2.75, 3.05) is 6.54 Å². The van der Waals surface area contributed by atoms with Crippen molar-refractivity contribution in [1.29, 1.82) is 0 Å². The van der Waals surface area contributed by atoms with Crippen molar-refractivity contribution in [3.63, 3.8) is 0 Å². The summed E-state index contributed by atoms with van der Waals surface area (Å²) in [6.07, 6.45) is 2.97. The van der Waals surface area contributed by atoms with E-state index < -0.39 is 0 Å². The zero-order chi connectivity index (χ0) is 11.1. The van der Waals surface area contributed by atoms with Gasteiger partial charge < -0.3 is 10.4 Å². The van der Waals surface area contributed by atoms with E-state index in [1.165, 1.54) is 17.7 Å². The first-order valence-electron chi connectivity index (χ1n) is 5.69. The topological polar surface area (TPSA) is 32.3 Å². The van der Waals surface area contributed by atoms with E-state index in [9.17, 15) is 5.11 Å².